The predicted molar refractivity (Wildman–Crippen MR) is 133 cm³/mol. The largest absolute Gasteiger partial charge is 0.366 e. The quantitative estimate of drug-likeness (QED) is 0.375. The molecule has 0 spiro atoms. The first-order valence-corrected chi connectivity index (χ1v) is 13.3. The van der Waals surface area contributed by atoms with E-state index in [1.54, 1.807) is 49.1 Å². The number of benzene rings is 1. The number of nitrogens with one attached hydrogen (secondary N) is 1. The van der Waals surface area contributed by atoms with Crippen LogP contribution in [0.15, 0.2) is 54.1 Å². The first-order chi connectivity index (χ1) is 16.4. The molecule has 4 atom stereocenters. The van der Waals surface area contributed by atoms with Crippen molar-refractivity contribution in [2.24, 2.45) is 17.6 Å². The lowest BCUT2D eigenvalue weighted by atomic mass is 9.85. The number of piperidine rings is 1. The molecule has 2 aliphatic rings. The summed E-state index contributed by atoms with van der Waals surface area (Å²) in [5.41, 5.74) is 7.75. The van der Waals surface area contributed by atoms with Crippen LogP contribution >= 0.6 is 0 Å². The third-order valence-corrected chi connectivity index (χ3v) is 7.96. The Bertz CT molecular complexity index is 1090. The average Bonchev–Trinajstić information content (AvgIpc) is 2.81. The van der Waals surface area contributed by atoms with Crippen molar-refractivity contribution >= 4 is 21.9 Å². The Morgan fingerprint density at radius 3 is 2.57 bits per heavy atom. The van der Waals surface area contributed by atoms with Crippen LogP contribution in [-0.4, -0.2) is 64.9 Å². The molecule has 10 heteroatoms. The van der Waals surface area contributed by atoms with Gasteiger partial charge in [-0.3, -0.25) is 9.35 Å². The SMILES string of the molecule is CC(C)C[C@H](NC(=O)N1CCC2CC=CC=C2C1)C(=O)C(O)(C(N)Cc1ccccc1)S(=O)(=O)O. The van der Waals surface area contributed by atoms with Gasteiger partial charge in [-0.05, 0) is 48.7 Å². The summed E-state index contributed by atoms with van der Waals surface area (Å²) in [6.45, 7) is 4.49. The predicted octanol–water partition coefficient (Wildman–Crippen LogP) is 2.03. The zero-order valence-corrected chi connectivity index (χ0v) is 20.9. The molecular weight excluding hydrogens is 470 g/mol. The summed E-state index contributed by atoms with van der Waals surface area (Å²) in [6, 6.07) is 4.95. The van der Waals surface area contributed by atoms with Crippen molar-refractivity contribution in [2.45, 2.75) is 56.5 Å². The molecule has 1 aromatic carbocycles. The van der Waals surface area contributed by atoms with E-state index < -0.39 is 38.9 Å². The standard InChI is InChI=1S/C25H35N3O6S/c1-17(2)14-21(27-24(30)28-13-12-19-10-6-7-11-20(19)16-28)23(29)25(31,35(32,33)34)22(26)15-18-8-4-3-5-9-18/h3-9,11,17,19,21-22,31H,10,12-16,26H2,1-2H3,(H,27,30)(H,32,33,34)/t19?,21-,22?,25?/m0/s1. The van der Waals surface area contributed by atoms with Crippen molar-refractivity contribution < 1.29 is 27.7 Å². The van der Waals surface area contributed by atoms with E-state index in [1.807, 2.05) is 12.2 Å². The van der Waals surface area contributed by atoms with E-state index in [2.05, 4.69) is 11.4 Å². The van der Waals surface area contributed by atoms with Crippen molar-refractivity contribution in [3.8, 4) is 0 Å². The minimum absolute atomic E-state index is 0.0579. The lowest BCUT2D eigenvalue weighted by Crippen LogP contribution is -2.65. The number of Topliss-reactive ketones (excluding diaryl/α,β-unsaturated/α-hetero) is 1. The lowest BCUT2D eigenvalue weighted by molar-refractivity contribution is -0.134. The average molecular weight is 506 g/mol. The number of carbonyl (C=O) groups excluding carboxylic acids is 2. The molecular formula is C25H35N3O6S. The smallest absolute Gasteiger partial charge is 0.318 e. The first kappa shape index (κ1) is 27.1. The highest BCUT2D eigenvalue weighted by atomic mass is 32.2. The van der Waals surface area contributed by atoms with Crippen LogP contribution in [-0.2, 0) is 21.3 Å². The summed E-state index contributed by atoms with van der Waals surface area (Å²) >= 11 is 0. The number of nitrogens with zero attached hydrogens (tertiary/aromatic N) is 1. The molecule has 0 radical (unpaired) electrons. The van der Waals surface area contributed by atoms with Crippen LogP contribution < -0.4 is 11.1 Å². The summed E-state index contributed by atoms with van der Waals surface area (Å²) in [4.78, 5) is 24.9. The van der Waals surface area contributed by atoms with Gasteiger partial charge in [0.05, 0.1) is 12.1 Å². The van der Waals surface area contributed by atoms with Crippen molar-refractivity contribution in [1.82, 2.24) is 10.2 Å². The van der Waals surface area contributed by atoms with Gasteiger partial charge in [0, 0.05) is 13.1 Å². The van der Waals surface area contributed by atoms with E-state index in [-0.39, 0.29) is 18.8 Å². The van der Waals surface area contributed by atoms with E-state index >= 15 is 0 Å². The van der Waals surface area contributed by atoms with Gasteiger partial charge in [0.15, 0.2) is 0 Å². The summed E-state index contributed by atoms with van der Waals surface area (Å²) < 4.78 is 34.6. The Hall–Kier alpha value is -2.53. The fourth-order valence-electron chi connectivity index (χ4n) is 4.69. The molecule has 3 unspecified atom stereocenters. The number of carbonyl (C=O) groups is 2. The molecule has 192 valence electrons. The monoisotopic (exact) mass is 505 g/mol. The molecule has 0 bridgehead atoms. The Morgan fingerprint density at radius 1 is 1.26 bits per heavy atom. The van der Waals surface area contributed by atoms with Crippen LogP contribution in [0.3, 0.4) is 0 Å². The molecule has 5 N–H and O–H groups in total. The fraction of sp³-hybridized carbons (Fsp3) is 0.520. The van der Waals surface area contributed by atoms with Gasteiger partial charge in [-0.1, -0.05) is 62.4 Å². The van der Waals surface area contributed by atoms with Gasteiger partial charge in [0.25, 0.3) is 4.93 Å². The zero-order valence-electron chi connectivity index (χ0n) is 20.1. The van der Waals surface area contributed by atoms with Crippen LogP contribution in [0, 0.1) is 11.8 Å². The number of hydrogen-bond donors (Lipinski definition) is 4. The number of rotatable bonds is 9. The van der Waals surface area contributed by atoms with Crippen LogP contribution in [0.2, 0.25) is 0 Å². The number of aliphatic hydroxyl groups is 1. The van der Waals surface area contributed by atoms with Gasteiger partial charge in [-0.25, -0.2) is 4.79 Å². The third-order valence-electron chi connectivity index (χ3n) is 6.67. The second-order valence-corrected chi connectivity index (χ2v) is 11.3. The number of urea groups is 1. The Kier molecular flexibility index (Phi) is 8.53. The first-order valence-electron chi connectivity index (χ1n) is 11.9. The van der Waals surface area contributed by atoms with Crippen LogP contribution in [0.25, 0.3) is 0 Å². The molecule has 3 rings (SSSR count). The van der Waals surface area contributed by atoms with E-state index in [4.69, 9.17) is 5.73 Å². The normalized spacial score (nSPS) is 21.5. The van der Waals surface area contributed by atoms with Crippen LogP contribution in [0.4, 0.5) is 4.79 Å². The topological polar surface area (TPSA) is 150 Å². The molecule has 1 aliphatic carbocycles. The zero-order chi connectivity index (χ0) is 25.8. The summed E-state index contributed by atoms with van der Waals surface area (Å²) in [5, 5.41) is 13.7. The van der Waals surface area contributed by atoms with Gasteiger partial charge >= 0.3 is 16.1 Å². The van der Waals surface area contributed by atoms with E-state index in [1.165, 1.54) is 0 Å². The molecule has 1 saturated heterocycles. The molecule has 1 fully saturated rings. The number of fused-ring (bicyclic) bond motifs is 1. The lowest BCUT2D eigenvalue weighted by Gasteiger charge is -2.37. The molecule has 1 heterocycles. The molecule has 1 aromatic rings. The van der Waals surface area contributed by atoms with Gasteiger partial charge in [-0.2, -0.15) is 8.42 Å². The Balaban J connectivity index is 1.83. The van der Waals surface area contributed by atoms with Crippen molar-refractivity contribution in [3.63, 3.8) is 0 Å². The molecule has 0 aromatic heterocycles. The third kappa shape index (κ3) is 6.19. The van der Waals surface area contributed by atoms with Crippen molar-refractivity contribution in [3.05, 3.63) is 59.7 Å². The van der Waals surface area contributed by atoms with Crippen molar-refractivity contribution in [2.75, 3.05) is 13.1 Å². The van der Waals surface area contributed by atoms with Gasteiger partial charge in [-0.15, -0.1) is 0 Å². The van der Waals surface area contributed by atoms with E-state index in [0.717, 1.165) is 18.4 Å². The molecule has 2 amide bonds. The maximum atomic E-state index is 13.5. The number of amides is 2. The van der Waals surface area contributed by atoms with Gasteiger partial charge < -0.3 is 21.1 Å². The maximum absolute atomic E-state index is 13.5. The second kappa shape index (κ2) is 11.0. The van der Waals surface area contributed by atoms with Crippen LogP contribution in [0.1, 0.15) is 38.7 Å². The summed E-state index contributed by atoms with van der Waals surface area (Å²) in [7, 11) is -5.34. The van der Waals surface area contributed by atoms with Crippen molar-refractivity contribution in [1.29, 1.82) is 0 Å². The second-order valence-electron chi connectivity index (χ2n) is 9.78. The molecule has 1 aliphatic heterocycles. The minimum Gasteiger partial charge on any atom is -0.366 e. The van der Waals surface area contributed by atoms with Gasteiger partial charge in [0.2, 0.25) is 5.78 Å². The number of nitrogens with two attached hydrogens (primary N) is 1. The number of hydrogen-bond acceptors (Lipinski definition) is 6. The van der Waals surface area contributed by atoms with Crippen LogP contribution in [0.5, 0.6) is 0 Å². The number of ketones is 1. The molecule has 35 heavy (non-hydrogen) atoms. The highest BCUT2D eigenvalue weighted by Crippen LogP contribution is 2.29. The Morgan fingerprint density at radius 2 is 1.94 bits per heavy atom. The van der Waals surface area contributed by atoms with E-state index in [0.29, 0.717) is 24.6 Å². The number of likely N-dealkylation sites (tertiary alicyclic amines) is 1. The van der Waals surface area contributed by atoms with E-state index in [9.17, 15) is 27.7 Å². The fourth-order valence-corrected chi connectivity index (χ4v) is 5.55. The maximum Gasteiger partial charge on any atom is 0.318 e. The Labute approximate surface area is 206 Å². The highest BCUT2D eigenvalue weighted by Gasteiger charge is 2.55. The summed E-state index contributed by atoms with van der Waals surface area (Å²) in [6.07, 6.45) is 7.63. The number of allylic oxidation sites excluding steroid dienone is 3. The highest BCUT2D eigenvalue weighted by molar-refractivity contribution is 7.88. The molecule has 9 nitrogen and oxygen atoms in total. The summed E-state index contributed by atoms with van der Waals surface area (Å²) in [5.74, 6) is -0.991. The molecule has 0 saturated carbocycles. The minimum atomic E-state index is -5.34. The van der Waals surface area contributed by atoms with Gasteiger partial charge in [0.1, 0.15) is 0 Å².